The maximum absolute atomic E-state index is 6.64. The number of benzene rings is 10. The summed E-state index contributed by atoms with van der Waals surface area (Å²) in [4.78, 5) is 0. The molecule has 0 spiro atoms. The third kappa shape index (κ3) is 3.33. The van der Waals surface area contributed by atoms with E-state index in [1.165, 1.54) is 97.7 Å². The van der Waals surface area contributed by atoms with Crippen molar-refractivity contribution in [3.63, 3.8) is 0 Å². The lowest BCUT2D eigenvalue weighted by Crippen LogP contribution is -1.92. The van der Waals surface area contributed by atoms with Gasteiger partial charge in [0.05, 0.1) is 0 Å². The number of furan rings is 1. The molecule has 0 amide bonds. The lowest BCUT2D eigenvalue weighted by Gasteiger charge is -2.19. The van der Waals surface area contributed by atoms with E-state index < -0.39 is 0 Å². The van der Waals surface area contributed by atoms with E-state index >= 15 is 0 Å². The van der Waals surface area contributed by atoms with Gasteiger partial charge in [0.15, 0.2) is 0 Å². The summed E-state index contributed by atoms with van der Waals surface area (Å²) in [5, 5.41) is 17.5. The Morgan fingerprint density at radius 2 is 0.851 bits per heavy atom. The zero-order chi connectivity index (χ0) is 30.6. The number of para-hydroxylation sites is 1. The Hall–Kier alpha value is -6.18. The second-order valence-corrected chi connectivity index (χ2v) is 12.8. The van der Waals surface area contributed by atoms with Gasteiger partial charge in [-0.05, 0) is 100 Å². The molecule has 11 aromatic rings. The largest absolute Gasteiger partial charge is 0.455 e. The Morgan fingerprint density at radius 3 is 1.64 bits per heavy atom. The van der Waals surface area contributed by atoms with Gasteiger partial charge in [0.25, 0.3) is 0 Å². The molecule has 0 aliphatic rings. The first-order valence-electron chi connectivity index (χ1n) is 16.3. The Balaban J connectivity index is 1.32. The Bertz CT molecular complexity index is 3050. The van der Waals surface area contributed by atoms with Crippen LogP contribution < -0.4 is 0 Å². The standard InChI is InChI=1S/C46H26O/c1-2-12-27(13-3-1)37-25-39-31-17-6-7-18-32(31)40(26-41(39)30-16-5-4-15-29(30)37)38-24-28-14-10-21-35-43(28)44-33(38)20-11-22-36(44)46-45(35)34-19-8-9-23-42(34)47-46/h1-26H. The zero-order valence-corrected chi connectivity index (χ0v) is 25.4. The molecule has 1 nitrogen and oxygen atoms in total. The molecule has 0 atom stereocenters. The van der Waals surface area contributed by atoms with Gasteiger partial charge in [0, 0.05) is 21.5 Å². The highest BCUT2D eigenvalue weighted by molar-refractivity contribution is 6.38. The normalized spacial score (nSPS) is 12.3. The predicted molar refractivity (Wildman–Crippen MR) is 201 cm³/mol. The fraction of sp³-hybridized carbons (Fsp3) is 0. The van der Waals surface area contributed by atoms with Gasteiger partial charge in [-0.2, -0.15) is 0 Å². The zero-order valence-electron chi connectivity index (χ0n) is 25.4. The molecule has 1 heteroatoms. The molecule has 0 fully saturated rings. The van der Waals surface area contributed by atoms with E-state index in [-0.39, 0.29) is 0 Å². The minimum Gasteiger partial charge on any atom is -0.455 e. The molecule has 0 unspecified atom stereocenters. The van der Waals surface area contributed by atoms with E-state index in [0.29, 0.717) is 0 Å². The molecule has 0 saturated carbocycles. The van der Waals surface area contributed by atoms with Crippen LogP contribution in [0.4, 0.5) is 0 Å². The molecule has 0 N–H and O–H groups in total. The molecule has 216 valence electrons. The number of rotatable bonds is 2. The first-order chi connectivity index (χ1) is 23.3. The van der Waals surface area contributed by atoms with E-state index in [0.717, 1.165) is 11.2 Å². The van der Waals surface area contributed by atoms with Gasteiger partial charge in [-0.3, -0.25) is 0 Å². The molecular formula is C46H26O. The van der Waals surface area contributed by atoms with Crippen LogP contribution in [0.3, 0.4) is 0 Å². The average Bonchev–Trinajstić information content (AvgIpc) is 3.54. The van der Waals surface area contributed by atoms with Crippen LogP contribution in [0.2, 0.25) is 0 Å². The van der Waals surface area contributed by atoms with Gasteiger partial charge in [-0.1, -0.05) is 133 Å². The van der Waals surface area contributed by atoms with Crippen LogP contribution >= 0.6 is 0 Å². The second-order valence-electron chi connectivity index (χ2n) is 12.8. The number of hydrogen-bond donors (Lipinski definition) is 0. The van der Waals surface area contributed by atoms with Crippen molar-refractivity contribution in [2.75, 3.05) is 0 Å². The maximum Gasteiger partial charge on any atom is 0.143 e. The highest BCUT2D eigenvalue weighted by Gasteiger charge is 2.22. The summed E-state index contributed by atoms with van der Waals surface area (Å²) < 4.78 is 6.64. The first-order valence-corrected chi connectivity index (χ1v) is 16.3. The molecule has 0 bridgehead atoms. The SMILES string of the molecule is c1ccc(-c2cc3c4ccccc4c(-c4cc5cccc6c7c8ccccc8oc7c7cccc4c7c56)cc3c3ccccc23)cc1. The summed E-state index contributed by atoms with van der Waals surface area (Å²) in [6, 6.07) is 57.8. The van der Waals surface area contributed by atoms with Crippen molar-refractivity contribution in [2.24, 2.45) is 0 Å². The van der Waals surface area contributed by atoms with E-state index in [9.17, 15) is 0 Å². The van der Waals surface area contributed by atoms with Crippen LogP contribution in [0.1, 0.15) is 0 Å². The molecular weight excluding hydrogens is 569 g/mol. The second kappa shape index (κ2) is 9.19. The van der Waals surface area contributed by atoms with Crippen LogP contribution in [0.15, 0.2) is 162 Å². The van der Waals surface area contributed by atoms with Gasteiger partial charge in [0.2, 0.25) is 0 Å². The minimum atomic E-state index is 0.932. The lowest BCUT2D eigenvalue weighted by molar-refractivity contribution is 0.673. The van der Waals surface area contributed by atoms with Crippen molar-refractivity contribution in [3.05, 3.63) is 158 Å². The average molecular weight is 595 g/mol. The van der Waals surface area contributed by atoms with Crippen molar-refractivity contribution in [1.82, 2.24) is 0 Å². The van der Waals surface area contributed by atoms with E-state index in [1.54, 1.807) is 0 Å². The number of hydrogen-bond acceptors (Lipinski definition) is 1. The van der Waals surface area contributed by atoms with Crippen LogP contribution in [0.5, 0.6) is 0 Å². The van der Waals surface area contributed by atoms with Crippen LogP contribution in [0.25, 0.3) is 109 Å². The Kier molecular flexibility index (Phi) is 4.90. The van der Waals surface area contributed by atoms with Crippen LogP contribution in [-0.2, 0) is 0 Å². The molecule has 1 heterocycles. The minimum absolute atomic E-state index is 0.932. The van der Waals surface area contributed by atoms with Gasteiger partial charge >= 0.3 is 0 Å². The van der Waals surface area contributed by atoms with Gasteiger partial charge in [-0.15, -0.1) is 0 Å². The first kappa shape index (κ1) is 25.1. The van der Waals surface area contributed by atoms with Crippen molar-refractivity contribution in [1.29, 1.82) is 0 Å². The fourth-order valence-corrected chi connectivity index (χ4v) is 8.40. The quantitative estimate of drug-likeness (QED) is 0.182. The summed E-state index contributed by atoms with van der Waals surface area (Å²) >= 11 is 0. The predicted octanol–water partition coefficient (Wildman–Crippen LogP) is 13.3. The molecule has 47 heavy (non-hydrogen) atoms. The third-order valence-corrected chi connectivity index (χ3v) is 10.4. The fourth-order valence-electron chi connectivity index (χ4n) is 8.40. The van der Waals surface area contributed by atoms with Gasteiger partial charge in [-0.25, -0.2) is 0 Å². The Morgan fingerprint density at radius 1 is 0.298 bits per heavy atom. The maximum atomic E-state index is 6.64. The molecule has 0 saturated heterocycles. The monoisotopic (exact) mass is 594 g/mol. The van der Waals surface area contributed by atoms with Gasteiger partial charge < -0.3 is 4.42 Å². The van der Waals surface area contributed by atoms with E-state index in [2.05, 4.69) is 158 Å². The molecule has 11 rings (SSSR count). The van der Waals surface area contributed by atoms with Crippen molar-refractivity contribution < 1.29 is 4.42 Å². The topological polar surface area (TPSA) is 13.1 Å². The molecule has 0 radical (unpaired) electrons. The summed E-state index contributed by atoms with van der Waals surface area (Å²) in [7, 11) is 0. The van der Waals surface area contributed by atoms with Crippen molar-refractivity contribution >= 4 is 86.6 Å². The molecule has 0 aliphatic carbocycles. The number of fused-ring (bicyclic) bond motifs is 10. The van der Waals surface area contributed by atoms with Gasteiger partial charge in [0.1, 0.15) is 11.2 Å². The van der Waals surface area contributed by atoms with Crippen LogP contribution in [-0.4, -0.2) is 0 Å². The highest BCUT2D eigenvalue weighted by atomic mass is 16.3. The molecule has 1 aromatic heterocycles. The molecule has 10 aromatic carbocycles. The summed E-state index contributed by atoms with van der Waals surface area (Å²) in [5.41, 5.74) is 6.91. The summed E-state index contributed by atoms with van der Waals surface area (Å²) in [6.07, 6.45) is 0. The van der Waals surface area contributed by atoms with Crippen molar-refractivity contribution in [2.45, 2.75) is 0 Å². The van der Waals surface area contributed by atoms with Crippen molar-refractivity contribution in [3.8, 4) is 22.3 Å². The lowest BCUT2D eigenvalue weighted by atomic mass is 9.84. The van der Waals surface area contributed by atoms with E-state index in [4.69, 9.17) is 4.42 Å². The molecule has 0 aliphatic heterocycles. The third-order valence-electron chi connectivity index (χ3n) is 10.4. The van der Waals surface area contributed by atoms with Crippen LogP contribution in [0, 0.1) is 0 Å². The summed E-state index contributed by atoms with van der Waals surface area (Å²) in [5.74, 6) is 0. The Labute approximate surface area is 270 Å². The van der Waals surface area contributed by atoms with E-state index in [1.807, 2.05) is 0 Å². The summed E-state index contributed by atoms with van der Waals surface area (Å²) in [6.45, 7) is 0. The highest BCUT2D eigenvalue weighted by Crippen LogP contribution is 2.49. The smallest absolute Gasteiger partial charge is 0.143 e.